The van der Waals surface area contributed by atoms with Crippen LogP contribution < -0.4 is 5.32 Å². The first kappa shape index (κ1) is 19.5. The van der Waals surface area contributed by atoms with Gasteiger partial charge in [-0.3, -0.25) is 9.59 Å². The van der Waals surface area contributed by atoms with Crippen molar-refractivity contribution in [3.05, 3.63) is 34.9 Å². The Bertz CT molecular complexity index is 552. The molecule has 0 bridgehead atoms. The fourth-order valence-electron chi connectivity index (χ4n) is 2.22. The Morgan fingerprint density at radius 1 is 1.26 bits per heavy atom. The number of amides is 2. The summed E-state index contributed by atoms with van der Waals surface area (Å²) < 4.78 is 0. The van der Waals surface area contributed by atoms with E-state index in [4.69, 9.17) is 11.6 Å². The van der Waals surface area contributed by atoms with Crippen molar-refractivity contribution >= 4 is 23.4 Å². The van der Waals surface area contributed by atoms with Crippen LogP contribution in [-0.2, 0) is 16.1 Å². The summed E-state index contributed by atoms with van der Waals surface area (Å²) >= 11 is 6.20. The number of halogens is 1. The molecule has 0 spiro atoms. The molecule has 5 heteroatoms. The predicted octanol–water partition coefficient (Wildman–Crippen LogP) is 3.77. The molecular weight excluding hydrogens is 312 g/mol. The third-order valence-electron chi connectivity index (χ3n) is 3.43. The van der Waals surface area contributed by atoms with Gasteiger partial charge in [-0.15, -0.1) is 0 Å². The van der Waals surface area contributed by atoms with Crippen LogP contribution in [0.15, 0.2) is 24.3 Å². The van der Waals surface area contributed by atoms with E-state index in [9.17, 15) is 9.59 Å². The molecule has 0 saturated heterocycles. The van der Waals surface area contributed by atoms with Gasteiger partial charge < -0.3 is 10.2 Å². The largest absolute Gasteiger partial charge is 0.350 e. The van der Waals surface area contributed by atoms with E-state index in [-0.39, 0.29) is 17.4 Å². The van der Waals surface area contributed by atoms with E-state index in [0.29, 0.717) is 18.0 Å². The zero-order valence-corrected chi connectivity index (χ0v) is 15.4. The van der Waals surface area contributed by atoms with E-state index in [1.54, 1.807) is 17.9 Å². The first-order valence-corrected chi connectivity index (χ1v) is 8.38. The highest BCUT2D eigenvalue weighted by Gasteiger charge is 2.28. The smallest absolute Gasteiger partial charge is 0.242 e. The molecule has 0 aliphatic rings. The summed E-state index contributed by atoms with van der Waals surface area (Å²) in [6.45, 7) is 9.80. The van der Waals surface area contributed by atoms with Crippen LogP contribution in [0.1, 0.15) is 53.0 Å². The lowest BCUT2D eigenvalue weighted by molar-refractivity contribution is -0.141. The van der Waals surface area contributed by atoms with Gasteiger partial charge in [-0.2, -0.15) is 0 Å². The first-order valence-electron chi connectivity index (χ1n) is 8.00. The average Bonchev–Trinajstić information content (AvgIpc) is 2.44. The Morgan fingerprint density at radius 2 is 1.87 bits per heavy atom. The lowest BCUT2D eigenvalue weighted by Crippen LogP contribution is -2.52. The zero-order chi connectivity index (χ0) is 17.6. The maximum absolute atomic E-state index is 12.5. The predicted molar refractivity (Wildman–Crippen MR) is 94.3 cm³/mol. The van der Waals surface area contributed by atoms with E-state index in [1.165, 1.54) is 0 Å². The summed E-state index contributed by atoms with van der Waals surface area (Å²) in [5.41, 5.74) is 0.504. The second-order valence-electron chi connectivity index (χ2n) is 6.78. The van der Waals surface area contributed by atoms with E-state index in [0.717, 1.165) is 12.0 Å². The summed E-state index contributed by atoms with van der Waals surface area (Å²) in [5, 5.41) is 3.53. The molecule has 0 aliphatic carbocycles. The standard InChI is InChI=1S/C18H27ClN2O2/c1-6-9-16(22)21(12-14-10-7-8-11-15(14)19)13(2)17(23)20-18(3,4)5/h7-8,10-11,13H,6,9,12H2,1-5H3,(H,20,23)/t13-/m1/s1. The summed E-state index contributed by atoms with van der Waals surface area (Å²) in [7, 11) is 0. The fourth-order valence-corrected chi connectivity index (χ4v) is 2.42. The van der Waals surface area contributed by atoms with Crippen molar-refractivity contribution in [3.63, 3.8) is 0 Å². The Kier molecular flexibility index (Phi) is 7.07. The van der Waals surface area contributed by atoms with Crippen molar-refractivity contribution in [2.24, 2.45) is 0 Å². The molecule has 1 N–H and O–H groups in total. The first-order chi connectivity index (χ1) is 10.7. The number of carbonyl (C=O) groups is 2. The molecule has 0 fully saturated rings. The minimum absolute atomic E-state index is 0.0380. The van der Waals surface area contributed by atoms with Crippen molar-refractivity contribution in [1.29, 1.82) is 0 Å². The number of benzene rings is 1. The molecule has 1 aromatic rings. The van der Waals surface area contributed by atoms with Crippen LogP contribution in [0.4, 0.5) is 0 Å². The Morgan fingerprint density at radius 3 is 2.39 bits per heavy atom. The summed E-state index contributed by atoms with van der Waals surface area (Å²) in [6.07, 6.45) is 1.16. The molecule has 0 radical (unpaired) electrons. The third kappa shape index (κ3) is 6.22. The van der Waals surface area contributed by atoms with E-state index >= 15 is 0 Å². The Hall–Kier alpha value is -1.55. The van der Waals surface area contributed by atoms with Crippen molar-refractivity contribution in [3.8, 4) is 0 Å². The highest BCUT2D eigenvalue weighted by molar-refractivity contribution is 6.31. The molecule has 0 saturated carbocycles. The summed E-state index contributed by atoms with van der Waals surface area (Å²) in [5.74, 6) is -0.196. The average molecular weight is 339 g/mol. The van der Waals surface area contributed by atoms with Gasteiger partial charge in [0.25, 0.3) is 0 Å². The minimum Gasteiger partial charge on any atom is -0.350 e. The second-order valence-corrected chi connectivity index (χ2v) is 7.19. The number of hydrogen-bond donors (Lipinski definition) is 1. The van der Waals surface area contributed by atoms with Gasteiger partial charge in [0, 0.05) is 23.5 Å². The van der Waals surface area contributed by atoms with Gasteiger partial charge in [0.1, 0.15) is 6.04 Å². The molecule has 23 heavy (non-hydrogen) atoms. The normalized spacial score (nSPS) is 12.6. The van der Waals surface area contributed by atoms with E-state index in [2.05, 4.69) is 5.32 Å². The molecule has 0 unspecified atom stereocenters. The number of rotatable bonds is 6. The number of nitrogens with one attached hydrogen (secondary N) is 1. The maximum atomic E-state index is 12.5. The monoisotopic (exact) mass is 338 g/mol. The minimum atomic E-state index is -0.551. The Balaban J connectivity index is 2.98. The van der Waals surface area contributed by atoms with Crippen LogP contribution in [0, 0.1) is 0 Å². The van der Waals surface area contributed by atoms with Crippen molar-refractivity contribution in [2.75, 3.05) is 0 Å². The fraction of sp³-hybridized carbons (Fsp3) is 0.556. The van der Waals surface area contributed by atoms with Crippen molar-refractivity contribution in [1.82, 2.24) is 10.2 Å². The van der Waals surface area contributed by atoms with Crippen molar-refractivity contribution < 1.29 is 9.59 Å². The highest BCUT2D eigenvalue weighted by Crippen LogP contribution is 2.19. The highest BCUT2D eigenvalue weighted by atomic mass is 35.5. The van der Waals surface area contributed by atoms with Gasteiger partial charge in [0.15, 0.2) is 0 Å². The van der Waals surface area contributed by atoms with Gasteiger partial charge in [0.05, 0.1) is 0 Å². The van der Waals surface area contributed by atoms with Crippen LogP contribution in [0.5, 0.6) is 0 Å². The summed E-state index contributed by atoms with van der Waals surface area (Å²) in [4.78, 5) is 26.5. The maximum Gasteiger partial charge on any atom is 0.242 e. The molecular formula is C18H27ClN2O2. The molecule has 0 heterocycles. The molecule has 1 rings (SSSR count). The van der Waals surface area contributed by atoms with Crippen LogP contribution in [0.2, 0.25) is 5.02 Å². The van der Waals surface area contributed by atoms with Crippen LogP contribution in [0.25, 0.3) is 0 Å². The van der Waals surface area contributed by atoms with Crippen LogP contribution in [0.3, 0.4) is 0 Å². The molecule has 128 valence electrons. The van der Waals surface area contributed by atoms with Gasteiger partial charge in [-0.25, -0.2) is 0 Å². The molecule has 4 nitrogen and oxygen atoms in total. The number of hydrogen-bond acceptors (Lipinski definition) is 2. The molecule has 2 amide bonds. The lowest BCUT2D eigenvalue weighted by atomic mass is 10.1. The quantitative estimate of drug-likeness (QED) is 0.858. The van der Waals surface area contributed by atoms with Crippen LogP contribution >= 0.6 is 11.6 Å². The third-order valence-corrected chi connectivity index (χ3v) is 3.80. The van der Waals surface area contributed by atoms with Gasteiger partial charge in [0.2, 0.25) is 11.8 Å². The molecule has 1 atom stereocenters. The lowest BCUT2D eigenvalue weighted by Gasteiger charge is -2.31. The van der Waals surface area contributed by atoms with Crippen molar-refractivity contribution in [2.45, 2.75) is 65.6 Å². The molecule has 1 aromatic carbocycles. The Labute approximate surface area is 144 Å². The van der Waals surface area contributed by atoms with Gasteiger partial charge in [-0.05, 0) is 45.7 Å². The van der Waals surface area contributed by atoms with Gasteiger partial charge in [-0.1, -0.05) is 36.7 Å². The van der Waals surface area contributed by atoms with Gasteiger partial charge >= 0.3 is 0 Å². The molecule has 0 aliphatic heterocycles. The van der Waals surface area contributed by atoms with E-state index in [1.807, 2.05) is 45.9 Å². The SMILES string of the molecule is CCCC(=O)N(Cc1ccccc1Cl)[C@H](C)C(=O)NC(C)(C)C. The summed E-state index contributed by atoms with van der Waals surface area (Å²) in [6, 6.07) is 6.84. The van der Waals surface area contributed by atoms with E-state index < -0.39 is 6.04 Å². The second kappa shape index (κ2) is 8.34. The molecule has 0 aromatic heterocycles. The number of carbonyl (C=O) groups excluding carboxylic acids is 2. The topological polar surface area (TPSA) is 49.4 Å². The van der Waals surface area contributed by atoms with Crippen LogP contribution in [-0.4, -0.2) is 28.3 Å². The number of nitrogens with zero attached hydrogens (tertiary/aromatic N) is 1. The zero-order valence-electron chi connectivity index (χ0n) is 14.6.